The van der Waals surface area contributed by atoms with Crippen molar-refractivity contribution in [3.8, 4) is 6.07 Å². The summed E-state index contributed by atoms with van der Waals surface area (Å²) in [4.78, 5) is 15.2. The van der Waals surface area contributed by atoms with Crippen molar-refractivity contribution in [2.75, 3.05) is 13.6 Å². The Kier molecular flexibility index (Phi) is 5.43. The minimum Gasteiger partial charge on any atom is -0.349 e. The van der Waals surface area contributed by atoms with Gasteiger partial charge in [0.2, 0.25) is 0 Å². The van der Waals surface area contributed by atoms with Gasteiger partial charge in [0.05, 0.1) is 29.9 Å². The Bertz CT molecular complexity index is 1350. The molecule has 1 N–H and O–H groups in total. The second-order valence-corrected chi connectivity index (χ2v) is 11.0. The van der Waals surface area contributed by atoms with Crippen LogP contribution < -0.4 is 5.32 Å². The van der Waals surface area contributed by atoms with Crippen molar-refractivity contribution in [2.24, 2.45) is 0 Å². The van der Waals surface area contributed by atoms with Crippen LogP contribution in [0.1, 0.15) is 69.8 Å². The number of fused-ring (bicyclic) bond motifs is 2. The van der Waals surface area contributed by atoms with Crippen LogP contribution in [0.25, 0.3) is 0 Å². The molecule has 1 spiro atoms. The number of nitrogens with zero attached hydrogens (tertiary/aromatic N) is 4. The number of nitrogens with one attached hydrogen (secondary N) is 1. The highest BCUT2D eigenvalue weighted by Gasteiger charge is 2.48. The Morgan fingerprint density at radius 1 is 1.26 bits per heavy atom. The molecule has 6 rings (SSSR count). The van der Waals surface area contributed by atoms with Crippen molar-refractivity contribution in [2.45, 2.75) is 56.1 Å². The smallest absolute Gasteiger partial charge is 0.254 e. The van der Waals surface area contributed by atoms with Crippen molar-refractivity contribution in [3.63, 3.8) is 0 Å². The average Bonchev–Trinajstić information content (AvgIpc) is 3.40. The van der Waals surface area contributed by atoms with Crippen LogP contribution in [-0.2, 0) is 18.5 Å². The van der Waals surface area contributed by atoms with Crippen LogP contribution in [0.3, 0.4) is 0 Å². The van der Waals surface area contributed by atoms with Gasteiger partial charge < -0.3 is 10.2 Å². The lowest BCUT2D eigenvalue weighted by molar-refractivity contribution is 0.0909. The SMILES string of the molecule is CN1Cc2cc(Cn3cc(C(=O)NC4CC(c5cc(Cl)ccc5C#N)C4)cn3)ccc2C2(CC2)C1. The highest BCUT2D eigenvalue weighted by atomic mass is 35.5. The summed E-state index contributed by atoms with van der Waals surface area (Å²) in [6.07, 6.45) is 7.66. The fraction of sp³-hybridized carbons (Fsp3) is 0.393. The minimum atomic E-state index is -0.103. The predicted molar refractivity (Wildman–Crippen MR) is 134 cm³/mol. The maximum atomic E-state index is 12.8. The standard InChI is InChI=1S/C28H28ClN5O/c1-33-15-21-8-18(2-5-26(21)28(17-33)6-7-28)14-34-16-22(13-31-34)27(35)32-24-9-20(10-24)25-11-23(29)4-3-19(25)12-30/h2-5,8,11,13,16,20,24H,6-7,9-10,14-15,17H2,1H3,(H,32,35). The zero-order chi connectivity index (χ0) is 24.2. The molecule has 1 aliphatic heterocycles. The van der Waals surface area contributed by atoms with Gasteiger partial charge in [-0.3, -0.25) is 9.48 Å². The van der Waals surface area contributed by atoms with Gasteiger partial charge in [-0.05, 0) is 79.1 Å². The van der Waals surface area contributed by atoms with Gasteiger partial charge in [0.25, 0.3) is 5.91 Å². The van der Waals surface area contributed by atoms with E-state index >= 15 is 0 Å². The molecule has 0 bridgehead atoms. The number of rotatable bonds is 5. The van der Waals surface area contributed by atoms with Crippen LogP contribution in [0.15, 0.2) is 48.8 Å². The Hall–Kier alpha value is -3.14. The summed E-state index contributed by atoms with van der Waals surface area (Å²) in [5.74, 6) is 0.142. The van der Waals surface area contributed by atoms with Gasteiger partial charge >= 0.3 is 0 Å². The number of halogens is 1. The van der Waals surface area contributed by atoms with Crippen molar-refractivity contribution >= 4 is 17.5 Å². The second kappa shape index (κ2) is 8.51. The Labute approximate surface area is 210 Å². The van der Waals surface area contributed by atoms with Crippen molar-refractivity contribution < 1.29 is 4.79 Å². The van der Waals surface area contributed by atoms with E-state index in [9.17, 15) is 10.1 Å². The zero-order valence-corrected chi connectivity index (χ0v) is 20.6. The number of hydrogen-bond acceptors (Lipinski definition) is 4. The van der Waals surface area contributed by atoms with Crippen LogP contribution in [0.4, 0.5) is 0 Å². The number of aromatic nitrogens is 2. The normalized spacial score (nSPS) is 22.2. The van der Waals surface area contributed by atoms with E-state index in [0.29, 0.717) is 28.1 Å². The van der Waals surface area contributed by atoms with Crippen molar-refractivity contribution in [1.29, 1.82) is 5.26 Å². The van der Waals surface area contributed by atoms with Gasteiger partial charge in [-0.1, -0.05) is 29.8 Å². The molecule has 0 unspecified atom stereocenters. The van der Waals surface area contributed by atoms with Gasteiger partial charge in [0, 0.05) is 35.8 Å². The lowest BCUT2D eigenvalue weighted by atomic mass is 9.74. The van der Waals surface area contributed by atoms with Gasteiger partial charge in [0.1, 0.15) is 0 Å². The maximum Gasteiger partial charge on any atom is 0.254 e. The first-order valence-corrected chi connectivity index (χ1v) is 12.6. The van der Waals surface area contributed by atoms with E-state index in [1.807, 2.05) is 16.9 Å². The lowest BCUT2D eigenvalue weighted by Gasteiger charge is -2.36. The number of benzene rings is 2. The molecule has 0 saturated heterocycles. The maximum absolute atomic E-state index is 12.8. The number of likely N-dealkylation sites (N-methyl/N-ethyl adjacent to an activating group) is 1. The second-order valence-electron chi connectivity index (χ2n) is 10.6. The molecule has 3 aliphatic rings. The van der Waals surface area contributed by atoms with E-state index in [0.717, 1.165) is 31.5 Å². The summed E-state index contributed by atoms with van der Waals surface area (Å²) in [5, 5.41) is 17.6. The summed E-state index contributed by atoms with van der Waals surface area (Å²) < 4.78 is 1.84. The summed E-state index contributed by atoms with van der Waals surface area (Å²) in [7, 11) is 2.20. The Balaban J connectivity index is 1.07. The molecule has 2 fully saturated rings. The molecule has 2 aromatic carbocycles. The molecule has 7 heteroatoms. The number of carbonyl (C=O) groups excluding carboxylic acids is 1. The van der Waals surface area contributed by atoms with E-state index in [2.05, 4.69) is 46.6 Å². The zero-order valence-electron chi connectivity index (χ0n) is 19.8. The molecule has 35 heavy (non-hydrogen) atoms. The van der Waals surface area contributed by atoms with E-state index < -0.39 is 0 Å². The van der Waals surface area contributed by atoms with Gasteiger partial charge in [-0.25, -0.2) is 0 Å². The minimum absolute atomic E-state index is 0.0914. The number of amides is 1. The lowest BCUT2D eigenvalue weighted by Crippen LogP contribution is -2.43. The third kappa shape index (κ3) is 4.24. The van der Waals surface area contributed by atoms with E-state index in [1.165, 1.54) is 29.5 Å². The molecule has 178 valence electrons. The summed E-state index contributed by atoms with van der Waals surface area (Å²) >= 11 is 6.13. The van der Waals surface area contributed by atoms with Gasteiger partial charge in [-0.2, -0.15) is 10.4 Å². The monoisotopic (exact) mass is 485 g/mol. The van der Waals surface area contributed by atoms with Crippen molar-refractivity contribution in [3.05, 3.63) is 87.2 Å². The summed E-state index contributed by atoms with van der Waals surface area (Å²) in [5.41, 5.74) is 6.76. The molecule has 1 amide bonds. The Morgan fingerprint density at radius 3 is 2.86 bits per heavy atom. The van der Waals surface area contributed by atoms with E-state index in [-0.39, 0.29) is 17.9 Å². The molecule has 2 heterocycles. The van der Waals surface area contributed by atoms with Crippen LogP contribution in [0.2, 0.25) is 5.02 Å². The number of nitriles is 1. The number of carbonyl (C=O) groups is 1. The van der Waals surface area contributed by atoms with Crippen LogP contribution in [0, 0.1) is 11.3 Å². The topological polar surface area (TPSA) is 74.0 Å². The molecule has 3 aromatic rings. The molecule has 0 atom stereocenters. The third-order valence-corrected chi connectivity index (χ3v) is 8.13. The number of hydrogen-bond donors (Lipinski definition) is 1. The molecule has 0 radical (unpaired) electrons. The van der Waals surface area contributed by atoms with Gasteiger partial charge in [-0.15, -0.1) is 0 Å². The molecular formula is C28H28ClN5O. The van der Waals surface area contributed by atoms with Crippen molar-refractivity contribution in [1.82, 2.24) is 20.0 Å². The molecule has 1 aromatic heterocycles. The highest BCUT2D eigenvalue weighted by molar-refractivity contribution is 6.30. The first-order chi connectivity index (χ1) is 16.9. The molecule has 2 saturated carbocycles. The largest absolute Gasteiger partial charge is 0.349 e. The molecular weight excluding hydrogens is 458 g/mol. The first kappa shape index (κ1) is 22.3. The fourth-order valence-corrected chi connectivity index (χ4v) is 6.09. The quantitative estimate of drug-likeness (QED) is 0.572. The average molecular weight is 486 g/mol. The van der Waals surface area contributed by atoms with Crippen LogP contribution in [0.5, 0.6) is 0 Å². The van der Waals surface area contributed by atoms with E-state index in [1.54, 1.807) is 18.3 Å². The fourth-order valence-electron chi connectivity index (χ4n) is 5.91. The van der Waals surface area contributed by atoms with Gasteiger partial charge in [0.15, 0.2) is 0 Å². The summed E-state index contributed by atoms with van der Waals surface area (Å²) in [6.45, 7) is 2.80. The van der Waals surface area contributed by atoms with Crippen LogP contribution >= 0.6 is 11.6 Å². The highest BCUT2D eigenvalue weighted by Crippen LogP contribution is 2.52. The van der Waals surface area contributed by atoms with Crippen LogP contribution in [-0.4, -0.2) is 40.2 Å². The molecule has 6 nitrogen and oxygen atoms in total. The van der Waals surface area contributed by atoms with E-state index in [4.69, 9.17) is 11.6 Å². The summed E-state index contributed by atoms with van der Waals surface area (Å²) in [6, 6.07) is 14.6. The molecule has 2 aliphatic carbocycles. The first-order valence-electron chi connectivity index (χ1n) is 12.3. The predicted octanol–water partition coefficient (Wildman–Crippen LogP) is 4.61. The Morgan fingerprint density at radius 2 is 2.09 bits per heavy atom. The third-order valence-electron chi connectivity index (χ3n) is 7.89.